The van der Waals surface area contributed by atoms with Gasteiger partial charge in [-0.25, -0.2) is 18.5 Å². The fourth-order valence-corrected chi connectivity index (χ4v) is 4.31. The summed E-state index contributed by atoms with van der Waals surface area (Å²) >= 11 is 1.04. The number of sulfonamides is 1. The Morgan fingerprint density at radius 2 is 2.04 bits per heavy atom. The van der Waals surface area contributed by atoms with Crippen LogP contribution in [0.3, 0.4) is 0 Å². The van der Waals surface area contributed by atoms with Crippen LogP contribution in [0.5, 0.6) is 0 Å². The molecule has 0 bridgehead atoms. The third-order valence-corrected chi connectivity index (χ3v) is 5.60. The Morgan fingerprint density at radius 1 is 1.28 bits per heavy atom. The van der Waals surface area contributed by atoms with Crippen LogP contribution in [0.1, 0.15) is 21.3 Å². The van der Waals surface area contributed by atoms with Crippen LogP contribution in [-0.4, -0.2) is 23.9 Å². The van der Waals surface area contributed by atoms with Crippen molar-refractivity contribution < 1.29 is 13.2 Å². The van der Waals surface area contributed by atoms with Crippen LogP contribution in [0.4, 0.5) is 0 Å². The van der Waals surface area contributed by atoms with Crippen molar-refractivity contribution in [2.75, 3.05) is 0 Å². The minimum Gasteiger partial charge on any atom is -0.343 e. The van der Waals surface area contributed by atoms with E-state index < -0.39 is 15.9 Å². The zero-order chi connectivity index (χ0) is 17.9. The summed E-state index contributed by atoms with van der Waals surface area (Å²) in [4.78, 5) is 16.6. The summed E-state index contributed by atoms with van der Waals surface area (Å²) in [7, 11) is -3.95. The number of benzene rings is 1. The monoisotopic (exact) mass is 376 g/mol. The topological polar surface area (TPSA) is 107 Å². The van der Waals surface area contributed by atoms with Gasteiger partial charge in [-0.05, 0) is 17.0 Å². The summed E-state index contributed by atoms with van der Waals surface area (Å²) < 4.78 is 25.1. The van der Waals surface area contributed by atoms with Gasteiger partial charge in [0.2, 0.25) is 10.0 Å². The Morgan fingerprint density at radius 3 is 2.68 bits per heavy atom. The molecule has 0 saturated heterocycles. The van der Waals surface area contributed by atoms with Crippen LogP contribution in [0, 0.1) is 0 Å². The van der Waals surface area contributed by atoms with Crippen molar-refractivity contribution >= 4 is 27.3 Å². The number of thiophene rings is 1. The highest BCUT2D eigenvalue weighted by atomic mass is 32.2. The molecule has 2 aromatic heterocycles. The number of aromatic nitrogens is 2. The lowest BCUT2D eigenvalue weighted by molar-refractivity contribution is 0.0933. The molecular weight excluding hydrogens is 360 g/mol. The van der Waals surface area contributed by atoms with Crippen LogP contribution in [0.2, 0.25) is 0 Å². The number of carbonyl (C=O) groups excluding carboxylic acids is 1. The van der Waals surface area contributed by atoms with E-state index in [-0.39, 0.29) is 15.8 Å². The lowest BCUT2D eigenvalue weighted by Crippen LogP contribution is -2.32. The molecule has 130 valence electrons. The Bertz CT molecular complexity index is 950. The van der Waals surface area contributed by atoms with Gasteiger partial charge >= 0.3 is 0 Å². The zero-order valence-electron chi connectivity index (χ0n) is 13.1. The quantitative estimate of drug-likeness (QED) is 0.683. The second-order valence-electron chi connectivity index (χ2n) is 5.36. The molecule has 7 nitrogen and oxygen atoms in total. The summed E-state index contributed by atoms with van der Waals surface area (Å²) in [6.45, 7) is 0.464. The Hall–Kier alpha value is -2.49. The molecule has 0 aliphatic rings. The Labute approximate surface area is 149 Å². The number of nitrogens with zero attached hydrogens (tertiary/aromatic N) is 2. The van der Waals surface area contributed by atoms with Gasteiger partial charge in [0.25, 0.3) is 5.91 Å². The van der Waals surface area contributed by atoms with Gasteiger partial charge in [-0.15, -0.1) is 11.3 Å². The fraction of sp³-hybridized carbons (Fsp3) is 0.125. The molecule has 0 fully saturated rings. The molecule has 3 N–H and O–H groups in total. The highest BCUT2D eigenvalue weighted by Gasteiger charge is 2.23. The van der Waals surface area contributed by atoms with E-state index in [1.54, 1.807) is 18.7 Å². The van der Waals surface area contributed by atoms with Crippen LogP contribution in [0.15, 0.2) is 65.4 Å². The van der Waals surface area contributed by atoms with Crippen molar-refractivity contribution in [3.63, 3.8) is 0 Å². The van der Waals surface area contributed by atoms with Gasteiger partial charge in [-0.1, -0.05) is 30.3 Å². The maximum absolute atomic E-state index is 12.6. The Kier molecular flexibility index (Phi) is 4.98. The number of imidazole rings is 1. The molecule has 1 aromatic carbocycles. The molecule has 9 heteroatoms. The molecule has 2 heterocycles. The SMILES string of the molecule is NS(=O)(=O)c1ccsc1C(=O)NC(Cn1ccnc1)c1ccccc1. The Balaban J connectivity index is 1.88. The predicted octanol–water partition coefficient (Wildman–Crippen LogP) is 1.76. The molecule has 0 saturated carbocycles. The molecule has 1 amide bonds. The van der Waals surface area contributed by atoms with Crippen LogP contribution >= 0.6 is 11.3 Å². The van der Waals surface area contributed by atoms with Crippen molar-refractivity contribution in [2.24, 2.45) is 5.14 Å². The van der Waals surface area contributed by atoms with E-state index in [0.29, 0.717) is 6.54 Å². The minimum absolute atomic E-state index is 0.0778. The molecule has 3 rings (SSSR count). The normalized spacial score (nSPS) is 12.7. The number of primary sulfonamides is 1. The minimum atomic E-state index is -3.95. The van der Waals surface area contributed by atoms with Gasteiger partial charge in [0.15, 0.2) is 0 Å². The number of rotatable bonds is 6. The van der Waals surface area contributed by atoms with Gasteiger partial charge in [0, 0.05) is 18.9 Å². The third-order valence-electron chi connectivity index (χ3n) is 3.60. The summed E-state index contributed by atoms with van der Waals surface area (Å²) in [6, 6.07) is 10.4. The molecule has 1 unspecified atom stereocenters. The first kappa shape index (κ1) is 17.3. The van der Waals surface area contributed by atoms with E-state index in [1.165, 1.54) is 11.4 Å². The second-order valence-corrected chi connectivity index (χ2v) is 7.80. The van der Waals surface area contributed by atoms with Crippen molar-refractivity contribution in [2.45, 2.75) is 17.5 Å². The summed E-state index contributed by atoms with van der Waals surface area (Å²) in [5.41, 5.74) is 0.901. The molecule has 0 spiro atoms. The molecule has 0 radical (unpaired) electrons. The standard InChI is InChI=1S/C16H16N4O3S2/c17-25(22,23)14-6-9-24-15(14)16(21)19-13(10-20-8-7-18-11-20)12-4-2-1-3-5-12/h1-9,11,13H,10H2,(H,19,21)(H2,17,22,23). The lowest BCUT2D eigenvalue weighted by Gasteiger charge is -2.19. The highest BCUT2D eigenvalue weighted by molar-refractivity contribution is 7.89. The maximum Gasteiger partial charge on any atom is 0.263 e. The van der Waals surface area contributed by atoms with E-state index in [4.69, 9.17) is 5.14 Å². The van der Waals surface area contributed by atoms with Crippen LogP contribution < -0.4 is 10.5 Å². The maximum atomic E-state index is 12.6. The first-order valence-electron chi connectivity index (χ1n) is 7.37. The first-order chi connectivity index (χ1) is 11.9. The average molecular weight is 376 g/mol. The summed E-state index contributed by atoms with van der Waals surface area (Å²) in [6.07, 6.45) is 5.11. The molecule has 3 aromatic rings. The molecule has 0 aliphatic carbocycles. The van der Waals surface area contributed by atoms with Gasteiger partial charge < -0.3 is 9.88 Å². The summed E-state index contributed by atoms with van der Waals surface area (Å²) in [5, 5.41) is 9.60. The van der Waals surface area contributed by atoms with Crippen LogP contribution in [-0.2, 0) is 16.6 Å². The number of hydrogen-bond acceptors (Lipinski definition) is 5. The van der Waals surface area contributed by atoms with Crippen molar-refractivity contribution in [1.29, 1.82) is 0 Å². The van der Waals surface area contributed by atoms with Crippen molar-refractivity contribution in [3.05, 3.63) is 70.9 Å². The molecule has 1 atom stereocenters. The van der Waals surface area contributed by atoms with Gasteiger partial charge in [0.1, 0.15) is 9.77 Å². The van der Waals surface area contributed by atoms with Gasteiger partial charge in [0.05, 0.1) is 12.4 Å². The number of carbonyl (C=O) groups is 1. The molecule has 0 aliphatic heterocycles. The largest absolute Gasteiger partial charge is 0.343 e. The van der Waals surface area contributed by atoms with E-state index >= 15 is 0 Å². The van der Waals surface area contributed by atoms with E-state index in [2.05, 4.69) is 10.3 Å². The average Bonchev–Trinajstić information content (AvgIpc) is 3.26. The third kappa shape index (κ3) is 4.13. The fourth-order valence-electron chi connectivity index (χ4n) is 2.44. The van der Waals surface area contributed by atoms with E-state index in [0.717, 1.165) is 16.9 Å². The van der Waals surface area contributed by atoms with Gasteiger partial charge in [-0.3, -0.25) is 4.79 Å². The smallest absolute Gasteiger partial charge is 0.263 e. The predicted molar refractivity (Wildman–Crippen MR) is 94.6 cm³/mol. The highest BCUT2D eigenvalue weighted by Crippen LogP contribution is 2.23. The number of amides is 1. The van der Waals surface area contributed by atoms with E-state index in [9.17, 15) is 13.2 Å². The lowest BCUT2D eigenvalue weighted by atomic mass is 10.1. The first-order valence-corrected chi connectivity index (χ1v) is 9.79. The van der Waals surface area contributed by atoms with Gasteiger partial charge in [-0.2, -0.15) is 0 Å². The number of nitrogens with two attached hydrogens (primary N) is 1. The van der Waals surface area contributed by atoms with Crippen molar-refractivity contribution in [1.82, 2.24) is 14.9 Å². The molecule has 25 heavy (non-hydrogen) atoms. The number of nitrogens with one attached hydrogen (secondary N) is 1. The zero-order valence-corrected chi connectivity index (χ0v) is 14.7. The van der Waals surface area contributed by atoms with Crippen LogP contribution in [0.25, 0.3) is 0 Å². The van der Waals surface area contributed by atoms with Crippen molar-refractivity contribution in [3.8, 4) is 0 Å². The number of hydrogen-bond donors (Lipinski definition) is 2. The second kappa shape index (κ2) is 7.18. The summed E-state index contributed by atoms with van der Waals surface area (Å²) in [5.74, 6) is -0.479. The van der Waals surface area contributed by atoms with E-state index in [1.807, 2.05) is 34.9 Å². The molecular formula is C16H16N4O3S2.